The van der Waals surface area contributed by atoms with E-state index in [1.165, 1.54) is 23.1 Å². The van der Waals surface area contributed by atoms with Gasteiger partial charge in [-0.25, -0.2) is 14.5 Å². The molecule has 0 aliphatic rings. The van der Waals surface area contributed by atoms with Crippen molar-refractivity contribution in [3.63, 3.8) is 0 Å². The van der Waals surface area contributed by atoms with Crippen LogP contribution < -0.4 is 0 Å². The van der Waals surface area contributed by atoms with Crippen molar-refractivity contribution >= 4 is 5.97 Å². The Morgan fingerprint density at radius 2 is 2.12 bits per heavy atom. The maximum atomic E-state index is 10.6. The van der Waals surface area contributed by atoms with Crippen LogP contribution in [0.5, 0.6) is 0 Å². The first-order chi connectivity index (χ1) is 8.19. The Labute approximate surface area is 96.8 Å². The molecule has 0 saturated heterocycles. The Balaban J connectivity index is 2.14. The molecule has 0 unspecified atom stereocenters. The van der Waals surface area contributed by atoms with Gasteiger partial charge in [-0.1, -0.05) is 12.1 Å². The summed E-state index contributed by atoms with van der Waals surface area (Å²) in [6.07, 6.45) is 1.46. The zero-order valence-electron chi connectivity index (χ0n) is 8.74. The predicted octanol–water partition coefficient (Wildman–Crippen LogP) is 0.896. The van der Waals surface area contributed by atoms with Crippen LogP contribution in [0.3, 0.4) is 0 Å². The van der Waals surface area contributed by atoms with Crippen molar-refractivity contribution in [3.8, 4) is 6.07 Å². The Hall–Kier alpha value is -2.68. The number of nitriles is 1. The average Bonchev–Trinajstić information content (AvgIpc) is 2.77. The number of carboxylic acid groups (broad SMARTS) is 1. The summed E-state index contributed by atoms with van der Waals surface area (Å²) in [6.45, 7) is 0.453. The summed E-state index contributed by atoms with van der Waals surface area (Å²) in [6, 6.07) is 8.30. The molecule has 2 aromatic rings. The largest absolute Gasteiger partial charge is 0.478 e. The maximum Gasteiger partial charge on any atom is 0.335 e. The highest BCUT2D eigenvalue weighted by Gasteiger charge is 2.03. The molecule has 0 aliphatic carbocycles. The molecule has 17 heavy (non-hydrogen) atoms. The van der Waals surface area contributed by atoms with Crippen molar-refractivity contribution in [2.45, 2.75) is 6.54 Å². The van der Waals surface area contributed by atoms with Gasteiger partial charge in [0, 0.05) is 0 Å². The van der Waals surface area contributed by atoms with Gasteiger partial charge in [0.1, 0.15) is 12.4 Å². The highest BCUT2D eigenvalue weighted by Crippen LogP contribution is 2.06. The third kappa shape index (κ3) is 2.46. The molecule has 6 nitrogen and oxygen atoms in total. The molecule has 1 N–H and O–H groups in total. The standard InChI is InChI=1S/C11H8N4O2/c12-5-10-13-7-15(14-10)6-8-1-3-9(4-2-8)11(16)17/h1-4,7H,6H2,(H,16,17). The minimum Gasteiger partial charge on any atom is -0.478 e. The molecule has 0 atom stereocenters. The third-order valence-electron chi connectivity index (χ3n) is 2.18. The van der Waals surface area contributed by atoms with E-state index in [2.05, 4.69) is 10.1 Å². The quantitative estimate of drug-likeness (QED) is 0.842. The number of rotatable bonds is 3. The third-order valence-corrected chi connectivity index (χ3v) is 2.18. The SMILES string of the molecule is N#Cc1ncn(Cc2ccc(C(=O)O)cc2)n1. The van der Waals surface area contributed by atoms with Crippen LogP contribution in [0.15, 0.2) is 30.6 Å². The van der Waals surface area contributed by atoms with E-state index in [4.69, 9.17) is 10.4 Å². The molecular formula is C11H8N4O2. The first kappa shape index (κ1) is 10.8. The lowest BCUT2D eigenvalue weighted by Gasteiger charge is -2.01. The fourth-order valence-corrected chi connectivity index (χ4v) is 1.36. The lowest BCUT2D eigenvalue weighted by molar-refractivity contribution is 0.0697. The van der Waals surface area contributed by atoms with Crippen LogP contribution in [-0.4, -0.2) is 25.8 Å². The van der Waals surface area contributed by atoms with Gasteiger partial charge in [0.05, 0.1) is 12.1 Å². The molecule has 0 amide bonds. The smallest absolute Gasteiger partial charge is 0.335 e. The minimum absolute atomic E-state index is 0.118. The van der Waals surface area contributed by atoms with Crippen molar-refractivity contribution < 1.29 is 9.90 Å². The van der Waals surface area contributed by atoms with E-state index in [9.17, 15) is 4.79 Å². The minimum atomic E-state index is -0.955. The monoisotopic (exact) mass is 228 g/mol. The summed E-state index contributed by atoms with van der Waals surface area (Å²) in [4.78, 5) is 14.4. The fourth-order valence-electron chi connectivity index (χ4n) is 1.36. The van der Waals surface area contributed by atoms with E-state index in [1.807, 2.05) is 6.07 Å². The Morgan fingerprint density at radius 1 is 1.41 bits per heavy atom. The fraction of sp³-hybridized carbons (Fsp3) is 0.0909. The molecular weight excluding hydrogens is 220 g/mol. The van der Waals surface area contributed by atoms with Crippen molar-refractivity contribution in [2.75, 3.05) is 0 Å². The Morgan fingerprint density at radius 3 is 2.65 bits per heavy atom. The van der Waals surface area contributed by atoms with Gasteiger partial charge in [-0.05, 0) is 17.7 Å². The van der Waals surface area contributed by atoms with E-state index in [-0.39, 0.29) is 11.4 Å². The second kappa shape index (κ2) is 4.45. The van der Waals surface area contributed by atoms with Crippen LogP contribution in [-0.2, 0) is 6.54 Å². The molecule has 0 bridgehead atoms. The van der Waals surface area contributed by atoms with E-state index in [1.54, 1.807) is 12.1 Å². The predicted molar refractivity (Wildman–Crippen MR) is 57.2 cm³/mol. The van der Waals surface area contributed by atoms with Gasteiger partial charge in [-0.15, -0.1) is 5.10 Å². The molecule has 2 rings (SSSR count). The molecule has 0 saturated carbocycles. The normalized spacial score (nSPS) is 9.82. The molecule has 84 valence electrons. The molecule has 1 heterocycles. The number of carbonyl (C=O) groups is 1. The maximum absolute atomic E-state index is 10.6. The van der Waals surface area contributed by atoms with Crippen molar-refractivity contribution in [1.29, 1.82) is 5.26 Å². The molecule has 1 aromatic heterocycles. The second-order valence-corrected chi connectivity index (χ2v) is 3.38. The highest BCUT2D eigenvalue weighted by atomic mass is 16.4. The van der Waals surface area contributed by atoms with Crippen LogP contribution in [0.25, 0.3) is 0 Å². The number of aromatic nitrogens is 3. The molecule has 0 aliphatic heterocycles. The molecule has 0 radical (unpaired) electrons. The average molecular weight is 228 g/mol. The number of hydrogen-bond donors (Lipinski definition) is 1. The number of hydrogen-bond acceptors (Lipinski definition) is 4. The van der Waals surface area contributed by atoms with Gasteiger partial charge in [-0.2, -0.15) is 5.26 Å². The lowest BCUT2D eigenvalue weighted by atomic mass is 10.1. The number of aromatic carboxylic acids is 1. The van der Waals surface area contributed by atoms with Crippen LogP contribution in [0.4, 0.5) is 0 Å². The van der Waals surface area contributed by atoms with Crippen LogP contribution >= 0.6 is 0 Å². The summed E-state index contributed by atoms with van der Waals surface area (Å²) >= 11 is 0. The summed E-state index contributed by atoms with van der Waals surface area (Å²) < 4.78 is 1.52. The van der Waals surface area contributed by atoms with E-state index in [0.717, 1.165) is 5.56 Å². The first-order valence-corrected chi connectivity index (χ1v) is 4.81. The Bertz CT molecular complexity index is 580. The van der Waals surface area contributed by atoms with E-state index in [0.29, 0.717) is 6.54 Å². The molecule has 0 spiro atoms. The first-order valence-electron chi connectivity index (χ1n) is 4.81. The van der Waals surface area contributed by atoms with E-state index < -0.39 is 5.97 Å². The summed E-state index contributed by atoms with van der Waals surface area (Å²) in [5.74, 6) is -0.837. The van der Waals surface area contributed by atoms with Crippen molar-refractivity contribution in [2.24, 2.45) is 0 Å². The molecule has 0 fully saturated rings. The van der Waals surface area contributed by atoms with Crippen molar-refractivity contribution in [3.05, 3.63) is 47.5 Å². The van der Waals surface area contributed by atoms with Gasteiger partial charge in [0.15, 0.2) is 0 Å². The summed E-state index contributed by atoms with van der Waals surface area (Å²) in [7, 11) is 0. The number of nitrogens with zero attached hydrogens (tertiary/aromatic N) is 4. The highest BCUT2D eigenvalue weighted by molar-refractivity contribution is 5.87. The zero-order chi connectivity index (χ0) is 12.3. The second-order valence-electron chi connectivity index (χ2n) is 3.38. The molecule has 1 aromatic carbocycles. The number of benzene rings is 1. The van der Waals surface area contributed by atoms with Crippen LogP contribution in [0.2, 0.25) is 0 Å². The lowest BCUT2D eigenvalue weighted by Crippen LogP contribution is -2.02. The van der Waals surface area contributed by atoms with Crippen LogP contribution in [0.1, 0.15) is 21.7 Å². The Kier molecular flexibility index (Phi) is 2.83. The van der Waals surface area contributed by atoms with Gasteiger partial charge in [0.25, 0.3) is 5.82 Å². The van der Waals surface area contributed by atoms with E-state index >= 15 is 0 Å². The number of carboxylic acids is 1. The van der Waals surface area contributed by atoms with Gasteiger partial charge < -0.3 is 5.11 Å². The topological polar surface area (TPSA) is 91.8 Å². The summed E-state index contributed by atoms with van der Waals surface area (Å²) in [5.41, 5.74) is 1.13. The summed E-state index contributed by atoms with van der Waals surface area (Å²) in [5, 5.41) is 21.2. The zero-order valence-corrected chi connectivity index (χ0v) is 8.74. The van der Waals surface area contributed by atoms with Gasteiger partial charge >= 0.3 is 5.97 Å². The van der Waals surface area contributed by atoms with Crippen LogP contribution in [0, 0.1) is 11.3 Å². The van der Waals surface area contributed by atoms with Crippen molar-refractivity contribution in [1.82, 2.24) is 14.8 Å². The molecule has 6 heteroatoms. The van der Waals surface area contributed by atoms with Gasteiger partial charge in [0.2, 0.25) is 0 Å². The van der Waals surface area contributed by atoms with Gasteiger partial charge in [-0.3, -0.25) is 0 Å².